The van der Waals surface area contributed by atoms with Crippen LogP contribution in [0.1, 0.15) is 73.3 Å². The summed E-state index contributed by atoms with van der Waals surface area (Å²) in [4.78, 5) is 55.6. The molecule has 61 heavy (non-hydrogen) atoms. The molecule has 14 heteroatoms. The number of hydrogen-bond donors (Lipinski definition) is 4. The van der Waals surface area contributed by atoms with Crippen molar-refractivity contribution in [1.82, 2.24) is 4.90 Å². The fourth-order valence-corrected chi connectivity index (χ4v) is 8.52. The van der Waals surface area contributed by atoms with Crippen molar-refractivity contribution in [3.63, 3.8) is 0 Å². The predicted molar refractivity (Wildman–Crippen MR) is 238 cm³/mol. The topological polar surface area (TPSA) is 181 Å². The molecule has 0 fully saturated rings. The van der Waals surface area contributed by atoms with Crippen molar-refractivity contribution in [1.29, 1.82) is 0 Å². The average molecular weight is 843 g/mol. The van der Waals surface area contributed by atoms with Crippen LogP contribution in [0.2, 0.25) is 0 Å². The normalized spacial score (nSPS) is 12.9. The Bertz CT molecular complexity index is 2580. The van der Waals surface area contributed by atoms with Gasteiger partial charge in [0.25, 0.3) is 0 Å². The molecule has 0 unspecified atom stereocenters. The number of quaternary nitrogens is 1. The maximum Gasteiger partial charge on any atom is 0.312 e. The minimum absolute atomic E-state index is 0.0425. The largest absolute Gasteiger partial charge is 0.504 e. The number of carbonyl (C=O) groups excluding carboxylic acids is 2. The number of methoxy groups -OCH3 is 1. The van der Waals surface area contributed by atoms with Crippen molar-refractivity contribution in [2.45, 2.75) is 71.5 Å². The van der Waals surface area contributed by atoms with Crippen LogP contribution in [0, 0.1) is 0 Å². The SMILES string of the molecule is COc1c(O)c2c(=O)cc(CO)c3c4c(CO)cc(NCCCCCC(=O)OCCN(C)C)c5c(=O)c(CCCOCCC(=O)OC[N+](C)(C)C)c6c(c(c1CC(C)=C6)c23)c54. The molecule has 1 aliphatic carbocycles. The molecule has 0 saturated carbocycles. The molecule has 1 aliphatic rings. The Morgan fingerprint density at radius 1 is 0.803 bits per heavy atom. The van der Waals surface area contributed by atoms with Gasteiger partial charge in [0.2, 0.25) is 6.73 Å². The number of likely N-dealkylation sites (N-methyl/N-ethyl adjacent to an activating group) is 1. The van der Waals surface area contributed by atoms with Crippen LogP contribution in [0.5, 0.6) is 11.5 Å². The van der Waals surface area contributed by atoms with Gasteiger partial charge in [0, 0.05) is 53.7 Å². The summed E-state index contributed by atoms with van der Waals surface area (Å²) in [5.41, 5.74) is 3.42. The fourth-order valence-electron chi connectivity index (χ4n) is 8.52. The quantitative estimate of drug-likeness (QED) is 0.0179. The average Bonchev–Trinajstić information content (AvgIpc) is 3.36. The first kappa shape index (κ1) is 45.4. The van der Waals surface area contributed by atoms with Gasteiger partial charge in [-0.05, 0) is 103 Å². The minimum Gasteiger partial charge on any atom is -0.504 e. The molecule has 0 spiro atoms. The molecule has 328 valence electrons. The van der Waals surface area contributed by atoms with Crippen LogP contribution in [0.4, 0.5) is 5.69 Å². The van der Waals surface area contributed by atoms with E-state index in [4.69, 9.17) is 18.9 Å². The Morgan fingerprint density at radius 3 is 2.16 bits per heavy atom. The van der Waals surface area contributed by atoms with E-state index in [2.05, 4.69) is 5.32 Å². The molecule has 0 bridgehead atoms. The molecule has 5 aromatic carbocycles. The second-order valence-electron chi connectivity index (χ2n) is 17.3. The van der Waals surface area contributed by atoms with E-state index < -0.39 is 18.6 Å². The second kappa shape index (κ2) is 19.3. The highest BCUT2D eigenvalue weighted by Crippen LogP contribution is 2.53. The summed E-state index contributed by atoms with van der Waals surface area (Å²) in [6.07, 6.45) is 5.62. The van der Waals surface area contributed by atoms with Crippen LogP contribution in [0.3, 0.4) is 0 Å². The van der Waals surface area contributed by atoms with Gasteiger partial charge in [-0.25, -0.2) is 0 Å². The standard InChI is InChI=1S/C47H59N3O11/c1-27-20-31-30(12-11-17-59-18-14-36(55)61-26-50(4,5)6)45(56)41-33(48-15-10-8-9-13-35(54)60-19-16-49(2)3)22-28(24-51)37-38-29(25-52)23-34(53)42-44(38)40(39(31)43(37)41)32(21-27)47(58-7)46(42)57/h20,22-23,51-52H,8-19,21,24-26H2,1-7H3,(H-,48,53,56,57)/p+1. The zero-order valence-corrected chi connectivity index (χ0v) is 36.5. The first-order valence-corrected chi connectivity index (χ1v) is 21.0. The number of rotatable bonds is 22. The van der Waals surface area contributed by atoms with Crippen LogP contribution >= 0.6 is 0 Å². The molecular weight excluding hydrogens is 783 g/mol. The van der Waals surface area contributed by atoms with Crippen molar-refractivity contribution >= 4 is 66.8 Å². The summed E-state index contributed by atoms with van der Waals surface area (Å²) < 4.78 is 22.9. The van der Waals surface area contributed by atoms with Crippen LogP contribution in [-0.2, 0) is 49.9 Å². The zero-order chi connectivity index (χ0) is 44.2. The molecule has 0 radical (unpaired) electrons. The van der Waals surface area contributed by atoms with Gasteiger partial charge < -0.3 is 44.5 Å². The number of anilines is 1. The lowest BCUT2D eigenvalue weighted by Gasteiger charge is -2.25. The molecule has 0 saturated heterocycles. The van der Waals surface area contributed by atoms with Gasteiger partial charge in [0.05, 0.1) is 65.3 Å². The predicted octanol–water partition coefficient (Wildman–Crippen LogP) is 5.18. The smallest absolute Gasteiger partial charge is 0.312 e. The van der Waals surface area contributed by atoms with Crippen molar-refractivity contribution < 1.29 is 48.3 Å². The van der Waals surface area contributed by atoms with Crippen molar-refractivity contribution in [3.05, 3.63) is 66.0 Å². The number of unbranched alkanes of at least 4 members (excludes halogenated alkanes) is 2. The molecule has 4 N–H and O–H groups in total. The van der Waals surface area contributed by atoms with Crippen LogP contribution in [0.15, 0.2) is 27.3 Å². The Morgan fingerprint density at radius 2 is 1.49 bits per heavy atom. The van der Waals surface area contributed by atoms with Gasteiger partial charge in [-0.2, -0.15) is 0 Å². The summed E-state index contributed by atoms with van der Waals surface area (Å²) >= 11 is 0. The highest BCUT2D eigenvalue weighted by atomic mass is 16.6. The number of aromatic hydroxyl groups is 1. The van der Waals surface area contributed by atoms with E-state index in [0.29, 0.717) is 134 Å². The summed E-state index contributed by atoms with van der Waals surface area (Å²) in [6, 6.07) is 3.08. The van der Waals surface area contributed by atoms with E-state index in [1.165, 1.54) is 13.2 Å². The number of carbonyl (C=O) groups is 2. The first-order chi connectivity index (χ1) is 29.1. The molecule has 0 heterocycles. The Kier molecular flexibility index (Phi) is 14.4. The highest BCUT2D eigenvalue weighted by molar-refractivity contribution is 6.38. The Labute approximate surface area is 355 Å². The van der Waals surface area contributed by atoms with E-state index in [-0.39, 0.29) is 60.6 Å². The number of fused-ring (bicyclic) bond motifs is 1. The highest BCUT2D eigenvalue weighted by Gasteiger charge is 2.32. The lowest BCUT2D eigenvalue weighted by molar-refractivity contribution is -0.888. The van der Waals surface area contributed by atoms with Crippen molar-refractivity contribution in [3.8, 4) is 11.5 Å². The number of nitrogens with one attached hydrogen (secondary N) is 1. The molecular formula is C47H60N3O11+. The number of nitrogens with zero attached hydrogens (tertiary/aromatic N) is 2. The van der Waals surface area contributed by atoms with Gasteiger partial charge in [0.15, 0.2) is 22.4 Å². The molecule has 0 aliphatic heterocycles. The van der Waals surface area contributed by atoms with Gasteiger partial charge in [0.1, 0.15) is 6.61 Å². The zero-order valence-electron chi connectivity index (χ0n) is 36.5. The molecule has 6 rings (SSSR count). The number of ether oxygens (including phenoxy) is 4. The summed E-state index contributed by atoms with van der Waals surface area (Å²) in [5, 5.41) is 40.9. The Balaban J connectivity index is 1.46. The molecule has 14 nitrogen and oxygen atoms in total. The number of hydrogen-bond acceptors (Lipinski definition) is 13. The molecule has 0 aromatic heterocycles. The maximum absolute atomic E-state index is 15.2. The number of phenolic OH excluding ortho intramolecular Hbond substituents is 1. The van der Waals surface area contributed by atoms with Crippen LogP contribution in [-0.4, -0.2) is 119 Å². The van der Waals surface area contributed by atoms with Gasteiger partial charge >= 0.3 is 11.9 Å². The first-order valence-electron chi connectivity index (χ1n) is 21.0. The van der Waals surface area contributed by atoms with E-state index in [0.717, 1.165) is 12.0 Å². The third kappa shape index (κ3) is 9.53. The van der Waals surface area contributed by atoms with Gasteiger partial charge in [-0.1, -0.05) is 18.1 Å². The van der Waals surface area contributed by atoms with E-state index >= 15 is 4.79 Å². The van der Waals surface area contributed by atoms with E-state index in [9.17, 15) is 29.7 Å². The third-order valence-corrected chi connectivity index (χ3v) is 11.2. The second-order valence-corrected chi connectivity index (χ2v) is 17.3. The van der Waals surface area contributed by atoms with Crippen LogP contribution < -0.4 is 20.9 Å². The molecule has 0 amide bonds. The summed E-state index contributed by atoms with van der Waals surface area (Å²) in [5.74, 6) is -0.716. The number of allylic oxidation sites excluding steroid dienone is 1. The van der Waals surface area contributed by atoms with Crippen molar-refractivity contribution in [2.75, 3.05) is 87.3 Å². The maximum atomic E-state index is 15.2. The molecule has 5 aromatic rings. The fraction of sp³-hybridized carbons (Fsp3) is 0.489. The number of benzene rings is 5. The van der Waals surface area contributed by atoms with E-state index in [1.54, 1.807) is 6.07 Å². The summed E-state index contributed by atoms with van der Waals surface area (Å²) in [7, 11) is 11.1. The monoisotopic (exact) mass is 842 g/mol. The number of esters is 2. The number of aliphatic hydroxyl groups excluding tert-OH is 2. The minimum atomic E-state index is -0.493. The third-order valence-electron chi connectivity index (χ3n) is 11.2. The number of aliphatic hydroxyl groups is 2. The lowest BCUT2D eigenvalue weighted by atomic mass is 9.80. The van der Waals surface area contributed by atoms with E-state index in [1.807, 2.05) is 53.1 Å². The lowest BCUT2D eigenvalue weighted by Crippen LogP contribution is -2.37. The van der Waals surface area contributed by atoms with Crippen LogP contribution in [0.25, 0.3) is 49.2 Å². The van der Waals surface area contributed by atoms with Gasteiger partial charge in [-0.3, -0.25) is 23.7 Å². The molecule has 0 atom stereocenters. The summed E-state index contributed by atoms with van der Waals surface area (Å²) in [6.45, 7) is 3.22. The Hall–Kier alpha value is -5.12. The van der Waals surface area contributed by atoms with Crippen molar-refractivity contribution in [2.24, 2.45) is 0 Å². The number of phenols is 1. The van der Waals surface area contributed by atoms with Gasteiger partial charge in [-0.15, -0.1) is 0 Å².